The Morgan fingerprint density at radius 2 is 0.810 bits per heavy atom. The van der Waals surface area contributed by atoms with Gasteiger partial charge < -0.3 is 50.7 Å². The van der Waals surface area contributed by atoms with Crippen molar-refractivity contribution in [2.24, 2.45) is 5.92 Å². The highest BCUT2D eigenvalue weighted by Crippen LogP contribution is 2.39. The first kappa shape index (κ1) is 36.5. The maximum absolute atomic E-state index is 14.2. The lowest BCUT2D eigenvalue weighted by Crippen LogP contribution is -2.54. The number of urea groups is 1. The molecule has 0 radical (unpaired) electrons. The van der Waals surface area contributed by atoms with Gasteiger partial charge in [0.05, 0.1) is 84.8 Å². The maximum atomic E-state index is 14.2. The second-order valence-corrected chi connectivity index (χ2v) is 10.4. The fourth-order valence-electron chi connectivity index (χ4n) is 5.77. The van der Waals surface area contributed by atoms with Crippen molar-refractivity contribution in [1.82, 2.24) is 34.3 Å². The second kappa shape index (κ2) is 19.5. The van der Waals surface area contributed by atoms with Gasteiger partial charge in [-0.05, 0) is 0 Å². The van der Waals surface area contributed by atoms with Crippen LogP contribution in [0.25, 0.3) is 0 Å². The molecule has 0 unspecified atom stereocenters. The van der Waals surface area contributed by atoms with Gasteiger partial charge in [-0.15, -0.1) is 0 Å². The van der Waals surface area contributed by atoms with Gasteiger partial charge >= 0.3 is 6.03 Å². The number of nitrogens with zero attached hydrogens (tertiary/aromatic N) is 7. The van der Waals surface area contributed by atoms with Gasteiger partial charge in [0.2, 0.25) is 5.91 Å². The van der Waals surface area contributed by atoms with Crippen molar-refractivity contribution < 1.29 is 50.4 Å². The van der Waals surface area contributed by atoms with Crippen LogP contribution < -0.4 is 0 Å². The molecule has 2 aliphatic heterocycles. The minimum absolute atomic E-state index is 0.00618. The van der Waals surface area contributed by atoms with Crippen LogP contribution in [0, 0.1) is 5.92 Å². The maximum Gasteiger partial charge on any atom is 0.324 e. The molecule has 8 N–H and O–H groups in total. The number of amides is 3. The SMILES string of the molecule is O=C1[C@H](CN(CCO)CCO)[C@@H]2[C@@H](N1CN(CCO)CCO)N(CN(CCO)CCO)C(=O)N2CN(CCO)CCO. The lowest BCUT2D eigenvalue weighted by Gasteiger charge is -2.36. The number of aliphatic hydroxyl groups is 8. The molecule has 0 saturated carbocycles. The van der Waals surface area contributed by atoms with Crippen LogP contribution in [0.3, 0.4) is 0 Å². The third-order valence-corrected chi connectivity index (χ3v) is 7.65. The number of carbonyl (C=O) groups excluding carboxylic acids is 2. The summed E-state index contributed by atoms with van der Waals surface area (Å²) in [6, 6.07) is -1.12. The fourth-order valence-corrected chi connectivity index (χ4v) is 5.77. The summed E-state index contributed by atoms with van der Waals surface area (Å²) in [7, 11) is 0. The van der Waals surface area contributed by atoms with Crippen LogP contribution in [0.5, 0.6) is 0 Å². The van der Waals surface area contributed by atoms with E-state index in [1.54, 1.807) is 19.6 Å². The summed E-state index contributed by atoms with van der Waals surface area (Å²) in [6.07, 6.45) is -0.801. The van der Waals surface area contributed by atoms with E-state index in [1.165, 1.54) is 14.7 Å². The van der Waals surface area contributed by atoms with E-state index in [1.807, 2.05) is 0 Å². The van der Waals surface area contributed by atoms with Crippen LogP contribution in [-0.2, 0) is 4.79 Å². The quantitative estimate of drug-likeness (QED) is 0.0511. The molecule has 17 heteroatoms. The van der Waals surface area contributed by atoms with E-state index in [0.29, 0.717) is 0 Å². The third-order valence-electron chi connectivity index (χ3n) is 7.65. The van der Waals surface area contributed by atoms with Crippen molar-refractivity contribution >= 4 is 11.9 Å². The highest BCUT2D eigenvalue weighted by Gasteiger charge is 2.60. The zero-order valence-electron chi connectivity index (χ0n) is 24.4. The molecular formula is C25H51N7O10. The number of carbonyl (C=O) groups is 2. The predicted octanol–water partition coefficient (Wildman–Crippen LogP) is -6.10. The van der Waals surface area contributed by atoms with E-state index in [4.69, 9.17) is 0 Å². The van der Waals surface area contributed by atoms with E-state index in [9.17, 15) is 50.4 Å². The molecule has 0 aromatic carbocycles. The number of hydrogen-bond acceptors (Lipinski definition) is 14. The molecule has 2 saturated heterocycles. The predicted molar refractivity (Wildman–Crippen MR) is 149 cm³/mol. The Kier molecular flexibility index (Phi) is 16.9. The molecule has 0 aromatic heterocycles. The molecule has 246 valence electrons. The van der Waals surface area contributed by atoms with Crippen molar-refractivity contribution in [2.45, 2.75) is 12.2 Å². The van der Waals surface area contributed by atoms with Crippen LogP contribution in [0.4, 0.5) is 4.79 Å². The number of hydrogen-bond donors (Lipinski definition) is 8. The standard InChI is InChI=1S/C25H51N7O10/c33-9-1-26(2-10-34)17-21-22-23(31(24(21)41)19-28(5-13-37)6-14-38)32(20-29(7-15-39)8-16-40)25(42)30(22)18-27(3-11-35)4-12-36/h21-23,33-40H,1-20H2/t21-,22-,23+/m1/s1. The lowest BCUT2D eigenvalue weighted by molar-refractivity contribution is -0.137. The highest BCUT2D eigenvalue weighted by atomic mass is 16.3. The molecule has 0 bridgehead atoms. The molecule has 2 fully saturated rings. The first-order valence-corrected chi connectivity index (χ1v) is 14.5. The number of likely N-dealkylation sites (tertiary alicyclic amines) is 1. The van der Waals surface area contributed by atoms with Crippen LogP contribution in [0.15, 0.2) is 0 Å². The zero-order chi connectivity index (χ0) is 31.1. The van der Waals surface area contributed by atoms with Crippen LogP contribution in [0.1, 0.15) is 0 Å². The van der Waals surface area contributed by atoms with E-state index in [2.05, 4.69) is 0 Å². The Bertz CT molecular complexity index is 646. The van der Waals surface area contributed by atoms with Crippen molar-refractivity contribution in [3.8, 4) is 0 Å². The minimum Gasteiger partial charge on any atom is -0.395 e. The van der Waals surface area contributed by atoms with E-state index in [-0.39, 0.29) is 138 Å². The van der Waals surface area contributed by atoms with Gasteiger partial charge in [-0.2, -0.15) is 0 Å². The molecule has 0 aromatic rings. The van der Waals surface area contributed by atoms with E-state index in [0.717, 1.165) is 0 Å². The van der Waals surface area contributed by atoms with Crippen LogP contribution in [-0.4, -0.2) is 231 Å². The van der Waals surface area contributed by atoms with Crippen LogP contribution >= 0.6 is 0 Å². The Labute approximate surface area is 246 Å². The third kappa shape index (κ3) is 9.63. The summed E-state index contributed by atoms with van der Waals surface area (Å²) < 4.78 is 0. The van der Waals surface area contributed by atoms with Crippen molar-refractivity contribution in [3.05, 3.63) is 0 Å². The molecule has 17 nitrogen and oxygen atoms in total. The summed E-state index contributed by atoms with van der Waals surface area (Å²) >= 11 is 0. The van der Waals surface area contributed by atoms with Gasteiger partial charge in [0.1, 0.15) is 6.17 Å². The second-order valence-electron chi connectivity index (χ2n) is 10.4. The van der Waals surface area contributed by atoms with Crippen molar-refractivity contribution in [1.29, 1.82) is 0 Å². The van der Waals surface area contributed by atoms with Gasteiger partial charge in [-0.1, -0.05) is 0 Å². The molecule has 2 aliphatic rings. The average Bonchev–Trinajstić information content (AvgIpc) is 3.36. The number of aliphatic hydroxyl groups excluding tert-OH is 8. The highest BCUT2D eigenvalue weighted by molar-refractivity contribution is 5.88. The summed E-state index contributed by atoms with van der Waals surface area (Å²) in [5.41, 5.74) is 0. The van der Waals surface area contributed by atoms with Gasteiger partial charge in [-0.3, -0.25) is 29.3 Å². The monoisotopic (exact) mass is 609 g/mol. The Balaban J connectivity index is 2.60. The minimum atomic E-state index is -0.801. The summed E-state index contributed by atoms with van der Waals surface area (Å²) in [5, 5.41) is 76.8. The number of fused-ring (bicyclic) bond motifs is 1. The van der Waals surface area contributed by atoms with Gasteiger partial charge in [0.25, 0.3) is 0 Å². The fraction of sp³-hybridized carbons (Fsp3) is 0.920. The van der Waals surface area contributed by atoms with Gasteiger partial charge in [0.15, 0.2) is 0 Å². The Hall–Kier alpha value is -1.74. The number of rotatable bonds is 24. The van der Waals surface area contributed by atoms with Gasteiger partial charge in [0, 0.05) is 58.9 Å². The largest absolute Gasteiger partial charge is 0.395 e. The average molecular weight is 610 g/mol. The molecule has 3 atom stereocenters. The Morgan fingerprint density at radius 3 is 1.19 bits per heavy atom. The molecule has 2 heterocycles. The first-order chi connectivity index (χ1) is 20.3. The molecule has 0 aliphatic carbocycles. The summed E-state index contributed by atoms with van der Waals surface area (Å²) in [4.78, 5) is 39.7. The Morgan fingerprint density at radius 1 is 0.476 bits per heavy atom. The normalized spacial score (nSPS) is 21.0. The summed E-state index contributed by atoms with van der Waals surface area (Å²) in [5.74, 6) is -1.07. The molecule has 42 heavy (non-hydrogen) atoms. The van der Waals surface area contributed by atoms with Crippen molar-refractivity contribution in [2.75, 3.05) is 132 Å². The van der Waals surface area contributed by atoms with Gasteiger partial charge in [-0.25, -0.2) is 4.79 Å². The van der Waals surface area contributed by atoms with Crippen LogP contribution in [0.2, 0.25) is 0 Å². The lowest BCUT2D eigenvalue weighted by atomic mass is 10.00. The van der Waals surface area contributed by atoms with E-state index < -0.39 is 24.2 Å². The first-order valence-electron chi connectivity index (χ1n) is 14.5. The summed E-state index contributed by atoms with van der Waals surface area (Å²) in [6.45, 7) is -0.140. The molecule has 0 spiro atoms. The molecule has 3 amide bonds. The molecule has 2 rings (SSSR count). The van der Waals surface area contributed by atoms with Crippen molar-refractivity contribution in [3.63, 3.8) is 0 Å². The molecular weight excluding hydrogens is 558 g/mol. The smallest absolute Gasteiger partial charge is 0.324 e. The van der Waals surface area contributed by atoms with E-state index >= 15 is 0 Å². The zero-order valence-corrected chi connectivity index (χ0v) is 24.4. The topological polar surface area (TPSA) is 219 Å².